The van der Waals surface area contributed by atoms with E-state index in [0.717, 1.165) is 27.8 Å². The number of carboxylic acids is 1. The molecule has 0 bridgehead atoms. The monoisotopic (exact) mass is 472 g/mol. The summed E-state index contributed by atoms with van der Waals surface area (Å²) in [5.74, 6) is -1.47. The molecule has 1 atom stereocenters. The van der Waals surface area contributed by atoms with E-state index in [1.165, 1.54) is 0 Å². The Hall–Kier alpha value is -4.13. The van der Waals surface area contributed by atoms with Crippen LogP contribution in [0.3, 0.4) is 0 Å². The maximum atomic E-state index is 12.2. The van der Waals surface area contributed by atoms with E-state index in [0.29, 0.717) is 6.42 Å². The molecular formula is C28H28N2O5. The first kappa shape index (κ1) is 24.0. The second-order valence-electron chi connectivity index (χ2n) is 8.50. The minimum atomic E-state index is -1.08. The molecule has 0 aliphatic heterocycles. The van der Waals surface area contributed by atoms with E-state index in [1.807, 2.05) is 54.6 Å². The zero-order valence-corrected chi connectivity index (χ0v) is 19.3. The van der Waals surface area contributed by atoms with Gasteiger partial charge in [-0.25, -0.2) is 9.59 Å². The summed E-state index contributed by atoms with van der Waals surface area (Å²) < 4.78 is 5.48. The number of fused-ring (bicyclic) bond motifs is 3. The Morgan fingerprint density at radius 1 is 0.857 bits per heavy atom. The van der Waals surface area contributed by atoms with Crippen molar-refractivity contribution in [3.05, 3.63) is 95.6 Å². The third kappa shape index (κ3) is 6.06. The Balaban J connectivity index is 1.19. The van der Waals surface area contributed by atoms with Gasteiger partial charge >= 0.3 is 12.1 Å². The summed E-state index contributed by atoms with van der Waals surface area (Å²) in [6.45, 7) is 0.473. The highest BCUT2D eigenvalue weighted by Gasteiger charge is 2.29. The van der Waals surface area contributed by atoms with E-state index in [9.17, 15) is 19.5 Å². The first-order valence-electron chi connectivity index (χ1n) is 11.7. The Morgan fingerprint density at radius 2 is 1.46 bits per heavy atom. The van der Waals surface area contributed by atoms with Crippen molar-refractivity contribution >= 4 is 18.0 Å². The molecule has 0 radical (unpaired) electrons. The van der Waals surface area contributed by atoms with Gasteiger partial charge in [0.2, 0.25) is 5.91 Å². The van der Waals surface area contributed by atoms with Crippen LogP contribution in [0, 0.1) is 0 Å². The van der Waals surface area contributed by atoms with Gasteiger partial charge in [0.1, 0.15) is 12.6 Å². The third-order valence-corrected chi connectivity index (χ3v) is 6.11. The fourth-order valence-electron chi connectivity index (χ4n) is 4.41. The summed E-state index contributed by atoms with van der Waals surface area (Å²) in [7, 11) is 0. The van der Waals surface area contributed by atoms with Gasteiger partial charge in [0.05, 0.1) is 0 Å². The molecule has 1 aliphatic rings. The predicted molar refractivity (Wildman–Crippen MR) is 132 cm³/mol. The number of rotatable bonds is 10. The lowest BCUT2D eigenvalue weighted by Gasteiger charge is -2.15. The van der Waals surface area contributed by atoms with Crippen LogP contribution in [0.5, 0.6) is 0 Å². The van der Waals surface area contributed by atoms with Crippen LogP contribution in [-0.2, 0) is 20.7 Å². The molecule has 1 unspecified atom stereocenters. The Kier molecular flexibility index (Phi) is 7.77. The summed E-state index contributed by atoms with van der Waals surface area (Å²) in [6.07, 6.45) is 0.135. The Bertz CT molecular complexity index is 1150. The van der Waals surface area contributed by atoms with E-state index in [2.05, 4.69) is 34.9 Å². The fourth-order valence-corrected chi connectivity index (χ4v) is 4.41. The van der Waals surface area contributed by atoms with Gasteiger partial charge in [-0.15, -0.1) is 0 Å². The lowest BCUT2D eigenvalue weighted by molar-refractivity contribution is -0.141. The Morgan fingerprint density at radius 3 is 2.09 bits per heavy atom. The number of carbonyl (C=O) groups is 3. The smallest absolute Gasteiger partial charge is 0.407 e. The molecule has 3 N–H and O–H groups in total. The van der Waals surface area contributed by atoms with E-state index in [-0.39, 0.29) is 37.8 Å². The summed E-state index contributed by atoms with van der Waals surface area (Å²) in [5, 5.41) is 14.6. The molecule has 0 spiro atoms. The molecule has 180 valence electrons. The molecule has 1 aliphatic carbocycles. The van der Waals surface area contributed by atoms with E-state index in [4.69, 9.17) is 4.74 Å². The van der Waals surface area contributed by atoms with Gasteiger partial charge in [0.15, 0.2) is 0 Å². The van der Waals surface area contributed by atoms with Gasteiger partial charge in [-0.1, -0.05) is 78.9 Å². The van der Waals surface area contributed by atoms with Gasteiger partial charge in [0.25, 0.3) is 0 Å². The number of ether oxygens (including phenoxy) is 1. The number of hydrogen-bond acceptors (Lipinski definition) is 4. The number of amides is 2. The highest BCUT2D eigenvalue weighted by molar-refractivity contribution is 5.83. The van der Waals surface area contributed by atoms with Crippen molar-refractivity contribution in [2.45, 2.75) is 31.2 Å². The average Bonchev–Trinajstić information content (AvgIpc) is 3.19. The molecule has 35 heavy (non-hydrogen) atoms. The lowest BCUT2D eigenvalue weighted by Crippen LogP contribution is -2.42. The highest BCUT2D eigenvalue weighted by Crippen LogP contribution is 2.44. The fraction of sp³-hybridized carbons (Fsp3) is 0.250. The maximum absolute atomic E-state index is 12.2. The quantitative estimate of drug-likeness (QED) is 0.385. The van der Waals surface area contributed by atoms with Crippen LogP contribution in [0.15, 0.2) is 78.9 Å². The average molecular weight is 473 g/mol. The highest BCUT2D eigenvalue weighted by atomic mass is 16.5. The van der Waals surface area contributed by atoms with E-state index < -0.39 is 18.1 Å². The standard InChI is InChI=1S/C28H28N2O5/c31-26(30-25(27(32)33)17-19-9-2-1-3-10-19)15-8-16-29-28(34)35-18-24-22-13-6-4-11-20(22)21-12-5-7-14-23(21)24/h1-7,9-14,24-25H,8,15-18H2,(H,29,34)(H,30,31)(H,32,33). The van der Waals surface area contributed by atoms with Crippen LogP contribution in [0.1, 0.15) is 35.4 Å². The number of carbonyl (C=O) groups excluding carboxylic acids is 2. The van der Waals surface area contributed by atoms with Gasteiger partial charge in [-0.2, -0.15) is 0 Å². The zero-order chi connectivity index (χ0) is 24.6. The number of nitrogens with one attached hydrogen (secondary N) is 2. The molecule has 4 rings (SSSR count). The predicted octanol–water partition coefficient (Wildman–Crippen LogP) is 4.12. The SMILES string of the molecule is O=C(CCCNC(=O)OCC1c2ccccc2-c2ccccc21)NC(Cc1ccccc1)C(=O)O. The van der Waals surface area contributed by atoms with Crippen LogP contribution < -0.4 is 10.6 Å². The second kappa shape index (κ2) is 11.3. The topological polar surface area (TPSA) is 105 Å². The van der Waals surface area contributed by atoms with Crippen molar-refractivity contribution in [3.8, 4) is 11.1 Å². The summed E-state index contributed by atoms with van der Waals surface area (Å²) in [5.41, 5.74) is 5.44. The summed E-state index contributed by atoms with van der Waals surface area (Å²) in [4.78, 5) is 35.9. The molecule has 0 saturated carbocycles. The van der Waals surface area contributed by atoms with Crippen molar-refractivity contribution in [2.24, 2.45) is 0 Å². The van der Waals surface area contributed by atoms with Crippen molar-refractivity contribution in [2.75, 3.05) is 13.2 Å². The minimum absolute atomic E-state index is 0.0171. The number of aliphatic carboxylic acids is 1. The molecule has 3 aromatic rings. The van der Waals surface area contributed by atoms with Crippen molar-refractivity contribution < 1.29 is 24.2 Å². The van der Waals surface area contributed by atoms with Gasteiger partial charge in [-0.3, -0.25) is 4.79 Å². The molecule has 7 heteroatoms. The van der Waals surface area contributed by atoms with Gasteiger partial charge in [-0.05, 0) is 34.2 Å². The normalized spacial score (nSPS) is 12.8. The molecule has 2 amide bonds. The molecule has 0 heterocycles. The molecule has 3 aromatic carbocycles. The van der Waals surface area contributed by atoms with Crippen molar-refractivity contribution in [3.63, 3.8) is 0 Å². The van der Waals surface area contributed by atoms with Gasteiger partial charge in [0, 0.05) is 25.3 Å². The molecule has 7 nitrogen and oxygen atoms in total. The van der Waals surface area contributed by atoms with E-state index >= 15 is 0 Å². The first-order valence-corrected chi connectivity index (χ1v) is 11.7. The summed E-state index contributed by atoms with van der Waals surface area (Å²) in [6, 6.07) is 24.4. The van der Waals surface area contributed by atoms with Crippen LogP contribution in [-0.4, -0.2) is 42.3 Å². The first-order chi connectivity index (χ1) is 17.0. The number of benzene rings is 3. The van der Waals surface area contributed by atoms with Crippen LogP contribution in [0.4, 0.5) is 4.79 Å². The third-order valence-electron chi connectivity index (χ3n) is 6.11. The largest absolute Gasteiger partial charge is 0.480 e. The van der Waals surface area contributed by atoms with Gasteiger partial charge < -0.3 is 20.5 Å². The van der Waals surface area contributed by atoms with Crippen molar-refractivity contribution in [1.82, 2.24) is 10.6 Å². The zero-order valence-electron chi connectivity index (χ0n) is 19.3. The molecule has 0 fully saturated rings. The van der Waals surface area contributed by atoms with Crippen LogP contribution in [0.2, 0.25) is 0 Å². The molecule has 0 aromatic heterocycles. The summed E-state index contributed by atoms with van der Waals surface area (Å²) >= 11 is 0. The van der Waals surface area contributed by atoms with Crippen molar-refractivity contribution in [1.29, 1.82) is 0 Å². The lowest BCUT2D eigenvalue weighted by atomic mass is 9.98. The minimum Gasteiger partial charge on any atom is -0.480 e. The van der Waals surface area contributed by atoms with Crippen LogP contribution >= 0.6 is 0 Å². The van der Waals surface area contributed by atoms with Crippen LogP contribution in [0.25, 0.3) is 11.1 Å². The number of alkyl carbamates (subject to hydrolysis) is 1. The molecule has 0 saturated heterocycles. The Labute approximate surface area is 204 Å². The number of carboxylic acid groups (broad SMARTS) is 1. The maximum Gasteiger partial charge on any atom is 0.407 e. The molecular weight excluding hydrogens is 444 g/mol. The number of hydrogen-bond donors (Lipinski definition) is 3. The second-order valence-corrected chi connectivity index (χ2v) is 8.50. The van der Waals surface area contributed by atoms with E-state index in [1.54, 1.807) is 0 Å².